The maximum atomic E-state index is 12.3. The lowest BCUT2D eigenvalue weighted by Crippen LogP contribution is -2.22. The fourth-order valence-electron chi connectivity index (χ4n) is 2.36. The van der Waals surface area contributed by atoms with Gasteiger partial charge in [0.2, 0.25) is 11.7 Å². The summed E-state index contributed by atoms with van der Waals surface area (Å²) in [6.07, 6.45) is 0. The molecule has 1 amide bonds. The van der Waals surface area contributed by atoms with Crippen LogP contribution in [0.25, 0.3) is 11.4 Å². The second-order valence-electron chi connectivity index (χ2n) is 5.44. The molecule has 0 aliphatic rings. The molecule has 1 heterocycles. The standard InChI is InChI=1S/C18H16ClN5O3/c1-2-27-18(26)13-8-4-6-10-15(13)20-16(25)11-24-22-17(21-23-24)12-7-3-5-9-14(12)19/h3-10H,2,11H2,1H3,(H,20,25). The molecule has 0 spiro atoms. The lowest BCUT2D eigenvalue weighted by Gasteiger charge is -2.09. The molecular formula is C18H16ClN5O3. The lowest BCUT2D eigenvalue weighted by atomic mass is 10.2. The van der Waals surface area contributed by atoms with Crippen molar-refractivity contribution < 1.29 is 14.3 Å². The quantitative estimate of drug-likeness (QED) is 0.655. The SMILES string of the molecule is CCOC(=O)c1ccccc1NC(=O)Cn1nnc(-c2ccccc2Cl)n1. The summed E-state index contributed by atoms with van der Waals surface area (Å²) in [6.45, 7) is 1.79. The number of para-hydroxylation sites is 1. The zero-order valence-corrected chi connectivity index (χ0v) is 15.2. The molecule has 138 valence electrons. The predicted octanol–water partition coefficient (Wildman–Crippen LogP) is 2.81. The third-order valence-corrected chi connectivity index (χ3v) is 3.88. The van der Waals surface area contributed by atoms with E-state index in [4.69, 9.17) is 16.3 Å². The number of nitrogens with zero attached hydrogens (tertiary/aromatic N) is 4. The molecule has 0 unspecified atom stereocenters. The van der Waals surface area contributed by atoms with Crippen LogP contribution in [-0.4, -0.2) is 38.7 Å². The second kappa shape index (κ2) is 8.41. The Balaban J connectivity index is 1.71. The number of rotatable bonds is 6. The van der Waals surface area contributed by atoms with Gasteiger partial charge in [0.05, 0.1) is 22.9 Å². The number of tetrazole rings is 1. The Morgan fingerprint density at radius 1 is 1.15 bits per heavy atom. The van der Waals surface area contributed by atoms with Gasteiger partial charge in [-0.25, -0.2) is 4.79 Å². The summed E-state index contributed by atoms with van der Waals surface area (Å²) in [7, 11) is 0. The van der Waals surface area contributed by atoms with Gasteiger partial charge >= 0.3 is 5.97 Å². The zero-order valence-electron chi connectivity index (χ0n) is 14.4. The van der Waals surface area contributed by atoms with Crippen LogP contribution in [-0.2, 0) is 16.1 Å². The van der Waals surface area contributed by atoms with Crippen molar-refractivity contribution in [1.82, 2.24) is 20.2 Å². The van der Waals surface area contributed by atoms with Crippen molar-refractivity contribution >= 4 is 29.2 Å². The minimum atomic E-state index is -0.506. The van der Waals surface area contributed by atoms with Gasteiger partial charge in [0.1, 0.15) is 6.54 Å². The van der Waals surface area contributed by atoms with Crippen LogP contribution < -0.4 is 5.32 Å². The molecule has 0 radical (unpaired) electrons. The number of hydrogen-bond acceptors (Lipinski definition) is 6. The Morgan fingerprint density at radius 2 is 1.89 bits per heavy atom. The number of ether oxygens (including phenoxy) is 1. The minimum absolute atomic E-state index is 0.172. The first-order valence-electron chi connectivity index (χ1n) is 8.17. The first-order valence-corrected chi connectivity index (χ1v) is 8.55. The molecule has 3 aromatic rings. The Morgan fingerprint density at radius 3 is 2.67 bits per heavy atom. The van der Waals surface area contributed by atoms with Crippen molar-refractivity contribution in [3.63, 3.8) is 0 Å². The van der Waals surface area contributed by atoms with Gasteiger partial charge in [0.15, 0.2) is 0 Å². The average Bonchev–Trinajstić information content (AvgIpc) is 3.10. The molecule has 0 atom stereocenters. The monoisotopic (exact) mass is 385 g/mol. The van der Waals surface area contributed by atoms with Gasteiger partial charge in [-0.3, -0.25) is 4.79 Å². The molecule has 0 saturated carbocycles. The molecule has 0 fully saturated rings. The first-order chi connectivity index (χ1) is 13.1. The molecule has 8 nitrogen and oxygen atoms in total. The summed E-state index contributed by atoms with van der Waals surface area (Å²) in [5, 5.41) is 15.1. The molecule has 9 heteroatoms. The third-order valence-electron chi connectivity index (χ3n) is 3.55. The smallest absolute Gasteiger partial charge is 0.340 e. The molecule has 1 aromatic heterocycles. The van der Waals surface area contributed by atoms with E-state index in [9.17, 15) is 9.59 Å². The highest BCUT2D eigenvalue weighted by molar-refractivity contribution is 6.33. The van der Waals surface area contributed by atoms with Crippen molar-refractivity contribution in [3.8, 4) is 11.4 Å². The number of esters is 1. The van der Waals surface area contributed by atoms with Crippen LogP contribution in [0.3, 0.4) is 0 Å². The average molecular weight is 386 g/mol. The van der Waals surface area contributed by atoms with Gasteiger partial charge in [0.25, 0.3) is 0 Å². The van der Waals surface area contributed by atoms with E-state index in [2.05, 4.69) is 20.7 Å². The van der Waals surface area contributed by atoms with Crippen LogP contribution in [0.2, 0.25) is 5.02 Å². The molecule has 2 aromatic carbocycles. The number of carbonyl (C=O) groups is 2. The number of halogens is 1. The number of hydrogen-bond donors (Lipinski definition) is 1. The van der Waals surface area contributed by atoms with E-state index >= 15 is 0 Å². The van der Waals surface area contributed by atoms with Crippen LogP contribution >= 0.6 is 11.6 Å². The van der Waals surface area contributed by atoms with E-state index in [0.29, 0.717) is 22.1 Å². The van der Waals surface area contributed by atoms with Crippen LogP contribution in [0.5, 0.6) is 0 Å². The molecule has 1 N–H and O–H groups in total. The van der Waals surface area contributed by atoms with E-state index in [1.165, 1.54) is 0 Å². The number of aromatic nitrogens is 4. The second-order valence-corrected chi connectivity index (χ2v) is 5.84. The summed E-state index contributed by atoms with van der Waals surface area (Å²) in [4.78, 5) is 25.4. The number of nitrogens with one attached hydrogen (secondary N) is 1. The van der Waals surface area contributed by atoms with Crippen molar-refractivity contribution in [2.24, 2.45) is 0 Å². The van der Waals surface area contributed by atoms with Gasteiger partial charge in [-0.2, -0.15) is 4.80 Å². The van der Waals surface area contributed by atoms with Gasteiger partial charge in [-0.15, -0.1) is 10.2 Å². The maximum absolute atomic E-state index is 12.3. The molecular weight excluding hydrogens is 370 g/mol. The Hall–Kier alpha value is -3.26. The van der Waals surface area contributed by atoms with Gasteiger partial charge in [-0.1, -0.05) is 35.9 Å². The van der Waals surface area contributed by atoms with E-state index in [1.807, 2.05) is 0 Å². The van der Waals surface area contributed by atoms with Crippen LogP contribution in [0.1, 0.15) is 17.3 Å². The van der Waals surface area contributed by atoms with Gasteiger partial charge < -0.3 is 10.1 Å². The largest absolute Gasteiger partial charge is 0.462 e. The predicted molar refractivity (Wildman–Crippen MR) is 99.3 cm³/mol. The van der Waals surface area contributed by atoms with Crippen molar-refractivity contribution in [3.05, 3.63) is 59.1 Å². The van der Waals surface area contributed by atoms with Crippen molar-refractivity contribution in [2.45, 2.75) is 13.5 Å². The summed E-state index contributed by atoms with van der Waals surface area (Å²) in [5.74, 6) is -0.594. The minimum Gasteiger partial charge on any atom is -0.462 e. The number of carbonyl (C=O) groups excluding carboxylic acids is 2. The van der Waals surface area contributed by atoms with Crippen LogP contribution in [0, 0.1) is 0 Å². The number of anilines is 1. The normalized spacial score (nSPS) is 10.4. The third kappa shape index (κ3) is 4.48. The summed E-state index contributed by atoms with van der Waals surface area (Å²) in [5.41, 5.74) is 1.25. The van der Waals surface area contributed by atoms with Gasteiger partial charge in [-0.05, 0) is 36.4 Å². The summed E-state index contributed by atoms with van der Waals surface area (Å²) < 4.78 is 4.99. The Bertz CT molecular complexity index is 973. The van der Waals surface area contributed by atoms with E-state index < -0.39 is 11.9 Å². The highest BCUT2D eigenvalue weighted by Crippen LogP contribution is 2.23. The highest BCUT2D eigenvalue weighted by atomic mass is 35.5. The molecule has 0 aliphatic heterocycles. The fourth-order valence-corrected chi connectivity index (χ4v) is 2.58. The molecule has 3 rings (SSSR count). The summed E-state index contributed by atoms with van der Waals surface area (Å²) in [6, 6.07) is 13.7. The van der Waals surface area contributed by atoms with Crippen molar-refractivity contribution in [1.29, 1.82) is 0 Å². The molecule has 0 bridgehead atoms. The van der Waals surface area contributed by atoms with E-state index in [-0.39, 0.29) is 18.7 Å². The lowest BCUT2D eigenvalue weighted by molar-refractivity contribution is -0.117. The summed E-state index contributed by atoms with van der Waals surface area (Å²) >= 11 is 6.11. The Labute approximate surface area is 160 Å². The molecule has 0 aliphatic carbocycles. The van der Waals surface area contributed by atoms with E-state index in [1.54, 1.807) is 55.5 Å². The molecule has 27 heavy (non-hydrogen) atoms. The van der Waals surface area contributed by atoms with Crippen LogP contribution in [0.4, 0.5) is 5.69 Å². The number of amides is 1. The van der Waals surface area contributed by atoms with Gasteiger partial charge in [0, 0.05) is 5.56 Å². The van der Waals surface area contributed by atoms with Crippen molar-refractivity contribution in [2.75, 3.05) is 11.9 Å². The highest BCUT2D eigenvalue weighted by Gasteiger charge is 2.15. The Kier molecular flexibility index (Phi) is 5.77. The van der Waals surface area contributed by atoms with E-state index in [0.717, 1.165) is 4.80 Å². The fraction of sp³-hybridized carbons (Fsp3) is 0.167. The zero-order chi connectivity index (χ0) is 19.2. The topological polar surface area (TPSA) is 99.0 Å². The number of benzene rings is 2. The first kappa shape index (κ1) is 18.5. The molecule has 0 saturated heterocycles. The maximum Gasteiger partial charge on any atom is 0.340 e. The van der Waals surface area contributed by atoms with Crippen LogP contribution in [0.15, 0.2) is 48.5 Å².